The van der Waals surface area contributed by atoms with Crippen molar-refractivity contribution in [3.63, 3.8) is 0 Å². The fraction of sp³-hybridized carbons (Fsp3) is 0.364. The van der Waals surface area contributed by atoms with Gasteiger partial charge in [-0.3, -0.25) is 5.84 Å². The normalized spacial score (nSPS) is 20.8. The molecule has 0 bridgehead atoms. The number of methoxy groups -OCH3 is 1. The molecule has 1 fully saturated rings. The number of hydrogen-bond donors (Lipinski definition) is 1. The Morgan fingerprint density at radius 1 is 1.20 bits per heavy atom. The first-order valence-electron chi connectivity index (χ1n) is 8.87. The van der Waals surface area contributed by atoms with E-state index < -0.39 is 0 Å². The molecule has 1 atom stereocenters. The minimum atomic E-state index is -0.207. The molecular weight excluding hydrogens is 308 g/mol. The molecule has 1 saturated heterocycles. The third-order valence-corrected chi connectivity index (χ3v) is 5.23. The maximum atomic E-state index is 6.54. The molecule has 0 amide bonds. The number of nitrogens with two attached hydrogens (primary N) is 1. The molecule has 0 aliphatic carbocycles. The van der Waals surface area contributed by atoms with Crippen LogP contribution in [0.1, 0.15) is 36.0 Å². The topological polar surface area (TPSA) is 38.5 Å². The first-order valence-corrected chi connectivity index (χ1v) is 8.87. The molecule has 25 heavy (non-hydrogen) atoms. The number of terminal acetylenes is 1. The predicted molar refractivity (Wildman–Crippen MR) is 102 cm³/mol. The van der Waals surface area contributed by atoms with Crippen LogP contribution in [-0.2, 0) is 18.4 Å². The van der Waals surface area contributed by atoms with Gasteiger partial charge >= 0.3 is 0 Å². The SMILES string of the molecule is C#CCc1ccc(OC)c(CC2(c3ccccc3)CCCCN2N)c1. The Bertz CT molecular complexity index is 750. The van der Waals surface area contributed by atoms with Crippen LogP contribution >= 0.6 is 0 Å². The van der Waals surface area contributed by atoms with Crippen LogP contribution in [0.15, 0.2) is 48.5 Å². The molecule has 2 aromatic carbocycles. The molecule has 3 rings (SSSR count). The molecule has 0 saturated carbocycles. The minimum absolute atomic E-state index is 0.207. The van der Waals surface area contributed by atoms with Crippen molar-refractivity contribution in [2.75, 3.05) is 13.7 Å². The standard InChI is InChI=1S/C22H26N2O/c1-3-9-18-12-13-21(25-2)19(16-18)17-22(14-7-8-15-24(22)23)20-10-5-4-6-11-20/h1,4-6,10-13,16H,7-9,14-15,17,23H2,2H3. The van der Waals surface area contributed by atoms with E-state index in [0.29, 0.717) is 6.42 Å². The summed E-state index contributed by atoms with van der Waals surface area (Å²) in [6.07, 6.45) is 10.3. The van der Waals surface area contributed by atoms with Crippen molar-refractivity contribution >= 4 is 0 Å². The molecule has 2 aromatic rings. The lowest BCUT2D eigenvalue weighted by Crippen LogP contribution is -2.54. The fourth-order valence-corrected chi connectivity index (χ4v) is 3.92. The average Bonchev–Trinajstić information content (AvgIpc) is 2.65. The molecule has 2 N–H and O–H groups in total. The summed E-state index contributed by atoms with van der Waals surface area (Å²) in [5.41, 5.74) is 3.36. The summed E-state index contributed by atoms with van der Waals surface area (Å²) in [5, 5.41) is 2.03. The highest BCUT2D eigenvalue weighted by molar-refractivity contribution is 5.41. The van der Waals surface area contributed by atoms with Gasteiger partial charge in [0, 0.05) is 13.0 Å². The van der Waals surface area contributed by atoms with Crippen molar-refractivity contribution in [3.8, 4) is 18.1 Å². The van der Waals surface area contributed by atoms with Gasteiger partial charge in [-0.1, -0.05) is 42.5 Å². The fourth-order valence-electron chi connectivity index (χ4n) is 3.92. The van der Waals surface area contributed by atoms with E-state index in [1.807, 2.05) is 17.1 Å². The van der Waals surface area contributed by atoms with Gasteiger partial charge in [0.2, 0.25) is 0 Å². The van der Waals surface area contributed by atoms with Gasteiger partial charge in [0.05, 0.1) is 12.6 Å². The third-order valence-electron chi connectivity index (χ3n) is 5.23. The first kappa shape index (κ1) is 17.5. The summed E-state index contributed by atoms with van der Waals surface area (Å²) in [5.74, 6) is 10.2. The summed E-state index contributed by atoms with van der Waals surface area (Å²) in [6.45, 7) is 0.904. The number of hydrogen-bond acceptors (Lipinski definition) is 3. The highest BCUT2D eigenvalue weighted by atomic mass is 16.5. The largest absolute Gasteiger partial charge is 0.496 e. The molecule has 1 unspecified atom stereocenters. The van der Waals surface area contributed by atoms with E-state index in [4.69, 9.17) is 17.0 Å². The van der Waals surface area contributed by atoms with Crippen LogP contribution in [0.2, 0.25) is 0 Å². The summed E-state index contributed by atoms with van der Waals surface area (Å²) in [4.78, 5) is 0. The summed E-state index contributed by atoms with van der Waals surface area (Å²) >= 11 is 0. The zero-order valence-electron chi connectivity index (χ0n) is 14.9. The highest BCUT2D eigenvalue weighted by Crippen LogP contribution is 2.40. The minimum Gasteiger partial charge on any atom is -0.496 e. The van der Waals surface area contributed by atoms with Crippen LogP contribution < -0.4 is 10.6 Å². The van der Waals surface area contributed by atoms with Gasteiger partial charge in [-0.15, -0.1) is 12.3 Å². The van der Waals surface area contributed by atoms with E-state index in [1.54, 1.807) is 7.11 Å². The van der Waals surface area contributed by atoms with Crippen LogP contribution in [0.4, 0.5) is 0 Å². The Labute approximate surface area is 150 Å². The molecular formula is C22H26N2O. The van der Waals surface area contributed by atoms with Gasteiger partial charge < -0.3 is 4.74 Å². The lowest BCUT2D eigenvalue weighted by atomic mass is 9.76. The van der Waals surface area contributed by atoms with Crippen LogP contribution in [-0.4, -0.2) is 18.7 Å². The Hall–Kier alpha value is -2.28. The maximum Gasteiger partial charge on any atom is 0.122 e. The summed E-state index contributed by atoms with van der Waals surface area (Å²) < 4.78 is 5.63. The van der Waals surface area contributed by atoms with Gasteiger partial charge in [-0.05, 0) is 48.4 Å². The number of benzene rings is 2. The van der Waals surface area contributed by atoms with Gasteiger partial charge in [0.25, 0.3) is 0 Å². The van der Waals surface area contributed by atoms with Gasteiger partial charge in [0.15, 0.2) is 0 Å². The van der Waals surface area contributed by atoms with Crippen molar-refractivity contribution in [3.05, 3.63) is 65.2 Å². The van der Waals surface area contributed by atoms with Crippen molar-refractivity contribution < 1.29 is 4.74 Å². The molecule has 1 aliphatic rings. The van der Waals surface area contributed by atoms with Gasteiger partial charge in [0.1, 0.15) is 5.75 Å². The van der Waals surface area contributed by atoms with E-state index in [1.165, 1.54) is 12.0 Å². The Morgan fingerprint density at radius 3 is 2.68 bits per heavy atom. The average molecular weight is 334 g/mol. The van der Waals surface area contributed by atoms with Gasteiger partial charge in [-0.25, -0.2) is 5.01 Å². The number of hydrazine groups is 1. The Kier molecular flexibility index (Phi) is 5.43. The third kappa shape index (κ3) is 3.56. The lowest BCUT2D eigenvalue weighted by Gasteiger charge is -2.45. The van der Waals surface area contributed by atoms with E-state index in [0.717, 1.165) is 42.7 Å². The molecule has 3 nitrogen and oxygen atoms in total. The lowest BCUT2D eigenvalue weighted by molar-refractivity contribution is 0.0420. The van der Waals surface area contributed by atoms with E-state index in [9.17, 15) is 0 Å². The number of ether oxygens (including phenoxy) is 1. The molecule has 1 aliphatic heterocycles. The van der Waals surface area contributed by atoms with Gasteiger partial charge in [-0.2, -0.15) is 0 Å². The van der Waals surface area contributed by atoms with Crippen LogP contribution in [0.3, 0.4) is 0 Å². The van der Waals surface area contributed by atoms with E-state index in [2.05, 4.69) is 42.3 Å². The second-order valence-corrected chi connectivity index (χ2v) is 6.75. The second-order valence-electron chi connectivity index (χ2n) is 6.75. The molecule has 0 spiro atoms. The smallest absolute Gasteiger partial charge is 0.122 e. The molecule has 0 radical (unpaired) electrons. The first-order chi connectivity index (χ1) is 12.2. The van der Waals surface area contributed by atoms with E-state index >= 15 is 0 Å². The quantitative estimate of drug-likeness (QED) is 0.670. The van der Waals surface area contributed by atoms with Crippen molar-refractivity contribution in [1.29, 1.82) is 0 Å². The number of piperidine rings is 1. The summed E-state index contributed by atoms with van der Waals surface area (Å²) in [6, 6.07) is 16.8. The van der Waals surface area contributed by atoms with Crippen LogP contribution in [0.5, 0.6) is 5.75 Å². The molecule has 130 valence electrons. The highest BCUT2D eigenvalue weighted by Gasteiger charge is 2.39. The Morgan fingerprint density at radius 2 is 2.00 bits per heavy atom. The molecule has 3 heteroatoms. The van der Waals surface area contributed by atoms with Crippen LogP contribution in [0, 0.1) is 12.3 Å². The van der Waals surface area contributed by atoms with E-state index in [-0.39, 0.29) is 5.54 Å². The Balaban J connectivity index is 2.04. The zero-order chi connectivity index (χ0) is 17.7. The number of rotatable bonds is 5. The maximum absolute atomic E-state index is 6.54. The zero-order valence-corrected chi connectivity index (χ0v) is 14.9. The summed E-state index contributed by atoms with van der Waals surface area (Å²) in [7, 11) is 1.72. The van der Waals surface area contributed by atoms with Crippen LogP contribution in [0.25, 0.3) is 0 Å². The van der Waals surface area contributed by atoms with Crippen molar-refractivity contribution in [2.45, 2.75) is 37.6 Å². The predicted octanol–water partition coefficient (Wildman–Crippen LogP) is 3.67. The number of nitrogens with zero attached hydrogens (tertiary/aromatic N) is 1. The monoisotopic (exact) mass is 334 g/mol. The second kappa shape index (κ2) is 7.74. The van der Waals surface area contributed by atoms with Crippen molar-refractivity contribution in [1.82, 2.24) is 5.01 Å². The molecule has 0 aromatic heterocycles. The van der Waals surface area contributed by atoms with Crippen molar-refractivity contribution in [2.24, 2.45) is 5.84 Å². The molecule has 1 heterocycles.